The third-order valence-corrected chi connectivity index (χ3v) is 2.95. The summed E-state index contributed by atoms with van der Waals surface area (Å²) in [4.78, 5) is 11.6. The Hall–Kier alpha value is -1.76. The fourth-order valence-corrected chi connectivity index (χ4v) is 2.01. The number of anilines is 1. The molecule has 0 aromatic heterocycles. The van der Waals surface area contributed by atoms with E-state index in [1.807, 2.05) is 29.2 Å². The maximum Gasteiger partial charge on any atom is 0.230 e. The molecule has 1 aliphatic heterocycles. The van der Waals surface area contributed by atoms with E-state index in [1.54, 1.807) is 0 Å². The van der Waals surface area contributed by atoms with Crippen molar-refractivity contribution in [2.45, 2.75) is 0 Å². The molecule has 1 aromatic rings. The number of hydrogen-bond donors (Lipinski definition) is 0. The fourth-order valence-electron chi connectivity index (χ4n) is 2.01. The molecule has 0 N–H and O–H groups in total. The summed E-state index contributed by atoms with van der Waals surface area (Å²) in [6.45, 7) is 7.07. The predicted molar refractivity (Wildman–Crippen MR) is 78.2 cm³/mol. The standard InChI is InChI=1S/C15H21NO5/c1-13(21-17-2)16-7-8-18-9-10-19-11-12-20-15-6-4-3-5-14(15)16/h3-6H,1,7-12H2,2H3. The molecule has 0 unspecified atom stereocenters. The monoisotopic (exact) mass is 295 g/mol. The van der Waals surface area contributed by atoms with Gasteiger partial charge in [0.15, 0.2) is 0 Å². The Labute approximate surface area is 124 Å². The first kappa shape index (κ1) is 15.6. The molecule has 2 rings (SSSR count). The lowest BCUT2D eigenvalue weighted by Gasteiger charge is -2.27. The molecule has 21 heavy (non-hydrogen) atoms. The van der Waals surface area contributed by atoms with Crippen LogP contribution in [0, 0.1) is 0 Å². The smallest absolute Gasteiger partial charge is 0.230 e. The molecule has 6 nitrogen and oxygen atoms in total. The minimum Gasteiger partial charge on any atom is -0.489 e. The zero-order valence-electron chi connectivity index (χ0n) is 12.2. The van der Waals surface area contributed by atoms with Gasteiger partial charge in [-0.3, -0.25) is 0 Å². The summed E-state index contributed by atoms with van der Waals surface area (Å²) in [7, 11) is 1.44. The molecular weight excluding hydrogens is 274 g/mol. The largest absolute Gasteiger partial charge is 0.489 e. The van der Waals surface area contributed by atoms with Crippen LogP contribution in [0.15, 0.2) is 36.7 Å². The molecule has 0 aliphatic carbocycles. The van der Waals surface area contributed by atoms with E-state index in [2.05, 4.69) is 6.58 Å². The van der Waals surface area contributed by atoms with Crippen LogP contribution >= 0.6 is 0 Å². The minimum absolute atomic E-state index is 0.380. The van der Waals surface area contributed by atoms with Gasteiger partial charge >= 0.3 is 0 Å². The lowest BCUT2D eigenvalue weighted by atomic mass is 10.2. The predicted octanol–water partition coefficient (Wildman–Crippen LogP) is 1.97. The van der Waals surface area contributed by atoms with Crippen molar-refractivity contribution in [2.24, 2.45) is 0 Å². The summed E-state index contributed by atoms with van der Waals surface area (Å²) in [6.07, 6.45) is 0. The van der Waals surface area contributed by atoms with Gasteiger partial charge < -0.3 is 24.0 Å². The van der Waals surface area contributed by atoms with Gasteiger partial charge in [0.05, 0.1) is 39.2 Å². The van der Waals surface area contributed by atoms with Gasteiger partial charge in [-0.1, -0.05) is 12.1 Å². The Morgan fingerprint density at radius 3 is 2.62 bits per heavy atom. The average Bonchev–Trinajstić information content (AvgIpc) is 2.48. The van der Waals surface area contributed by atoms with Crippen molar-refractivity contribution in [3.8, 4) is 5.75 Å². The van der Waals surface area contributed by atoms with Crippen LogP contribution in [0.4, 0.5) is 5.69 Å². The van der Waals surface area contributed by atoms with E-state index in [0.29, 0.717) is 45.5 Å². The molecule has 0 bridgehead atoms. The van der Waals surface area contributed by atoms with E-state index < -0.39 is 0 Å². The van der Waals surface area contributed by atoms with Crippen LogP contribution in [0.5, 0.6) is 5.75 Å². The van der Waals surface area contributed by atoms with Crippen LogP contribution in [0.25, 0.3) is 0 Å². The molecule has 0 saturated carbocycles. The van der Waals surface area contributed by atoms with Crippen LogP contribution in [-0.4, -0.2) is 46.7 Å². The van der Waals surface area contributed by atoms with E-state index >= 15 is 0 Å². The highest BCUT2D eigenvalue weighted by atomic mass is 17.2. The molecule has 116 valence electrons. The third kappa shape index (κ3) is 4.63. The quantitative estimate of drug-likeness (QED) is 0.483. The lowest BCUT2D eigenvalue weighted by molar-refractivity contribution is -0.238. The van der Waals surface area contributed by atoms with Crippen LogP contribution in [0.1, 0.15) is 0 Å². The zero-order valence-corrected chi connectivity index (χ0v) is 12.2. The van der Waals surface area contributed by atoms with Crippen molar-refractivity contribution in [3.63, 3.8) is 0 Å². The van der Waals surface area contributed by atoms with Crippen LogP contribution in [-0.2, 0) is 19.2 Å². The third-order valence-electron chi connectivity index (χ3n) is 2.95. The second kappa shape index (κ2) is 8.51. The first-order chi connectivity index (χ1) is 10.3. The Kier molecular flexibility index (Phi) is 6.33. The number of para-hydroxylation sites is 2. The highest BCUT2D eigenvalue weighted by Crippen LogP contribution is 2.30. The Morgan fingerprint density at radius 2 is 1.81 bits per heavy atom. The zero-order chi connectivity index (χ0) is 14.9. The van der Waals surface area contributed by atoms with Crippen molar-refractivity contribution in [1.82, 2.24) is 0 Å². The van der Waals surface area contributed by atoms with Crippen molar-refractivity contribution >= 4 is 5.69 Å². The molecule has 0 amide bonds. The number of benzene rings is 1. The van der Waals surface area contributed by atoms with Crippen molar-refractivity contribution in [2.75, 3.05) is 51.6 Å². The van der Waals surface area contributed by atoms with Gasteiger partial charge in [-0.05, 0) is 18.7 Å². The molecule has 1 aliphatic rings. The minimum atomic E-state index is 0.380. The Morgan fingerprint density at radius 1 is 1.10 bits per heavy atom. The van der Waals surface area contributed by atoms with Crippen LogP contribution in [0.2, 0.25) is 0 Å². The summed E-state index contributed by atoms with van der Waals surface area (Å²) in [5.41, 5.74) is 0.851. The number of hydrogen-bond acceptors (Lipinski definition) is 6. The van der Waals surface area contributed by atoms with E-state index in [-0.39, 0.29) is 0 Å². The van der Waals surface area contributed by atoms with Crippen LogP contribution in [0.3, 0.4) is 0 Å². The van der Waals surface area contributed by atoms with E-state index in [9.17, 15) is 0 Å². The number of ether oxygens (including phenoxy) is 3. The maximum absolute atomic E-state index is 5.77. The topological polar surface area (TPSA) is 49.4 Å². The van der Waals surface area contributed by atoms with Gasteiger partial charge in [-0.2, -0.15) is 4.89 Å². The molecule has 0 atom stereocenters. The first-order valence-electron chi connectivity index (χ1n) is 6.87. The van der Waals surface area contributed by atoms with E-state index in [0.717, 1.165) is 11.4 Å². The molecule has 0 saturated heterocycles. The highest BCUT2D eigenvalue weighted by Gasteiger charge is 2.17. The summed E-state index contributed by atoms with van der Waals surface area (Å²) >= 11 is 0. The summed E-state index contributed by atoms with van der Waals surface area (Å²) < 4.78 is 16.7. The SMILES string of the molecule is C=C(OOC)N1CCOCCOCCOc2ccccc21. The van der Waals surface area contributed by atoms with Crippen LogP contribution < -0.4 is 9.64 Å². The lowest BCUT2D eigenvalue weighted by Crippen LogP contribution is -2.29. The molecule has 6 heteroatoms. The van der Waals surface area contributed by atoms with Gasteiger partial charge in [0.2, 0.25) is 5.88 Å². The van der Waals surface area contributed by atoms with Gasteiger partial charge in [-0.25, -0.2) is 0 Å². The summed E-state index contributed by atoms with van der Waals surface area (Å²) in [5.74, 6) is 1.12. The van der Waals surface area contributed by atoms with Crippen molar-refractivity contribution in [1.29, 1.82) is 0 Å². The molecule has 0 spiro atoms. The molecule has 1 aromatic carbocycles. The number of rotatable bonds is 3. The molecule has 0 radical (unpaired) electrons. The van der Waals surface area contributed by atoms with Gasteiger partial charge in [0.1, 0.15) is 12.4 Å². The molecular formula is C15H21NO5. The second-order valence-electron chi connectivity index (χ2n) is 4.34. The van der Waals surface area contributed by atoms with Gasteiger partial charge in [0.25, 0.3) is 0 Å². The first-order valence-corrected chi connectivity index (χ1v) is 6.87. The van der Waals surface area contributed by atoms with Crippen molar-refractivity contribution < 1.29 is 24.0 Å². The Balaban J connectivity index is 2.21. The molecule has 0 fully saturated rings. The normalized spacial score (nSPS) is 16.9. The van der Waals surface area contributed by atoms with Gasteiger partial charge in [-0.15, -0.1) is 0 Å². The Bertz CT molecular complexity index is 451. The van der Waals surface area contributed by atoms with Gasteiger partial charge in [0, 0.05) is 6.54 Å². The highest BCUT2D eigenvalue weighted by molar-refractivity contribution is 5.61. The summed E-state index contributed by atoms with van der Waals surface area (Å²) in [6, 6.07) is 7.68. The number of fused-ring (bicyclic) bond motifs is 1. The van der Waals surface area contributed by atoms with Crippen molar-refractivity contribution in [3.05, 3.63) is 36.7 Å². The van der Waals surface area contributed by atoms with E-state index in [1.165, 1.54) is 7.11 Å². The summed E-state index contributed by atoms with van der Waals surface area (Å²) in [5, 5.41) is 0. The molecule has 1 heterocycles. The van der Waals surface area contributed by atoms with E-state index in [4.69, 9.17) is 24.0 Å². The maximum atomic E-state index is 5.77. The average molecular weight is 295 g/mol. The second-order valence-corrected chi connectivity index (χ2v) is 4.34. The fraction of sp³-hybridized carbons (Fsp3) is 0.467. The number of nitrogens with zero attached hydrogens (tertiary/aromatic N) is 1.